The van der Waals surface area contributed by atoms with Crippen LogP contribution in [0.15, 0.2) is 0 Å². The van der Waals surface area contributed by atoms with Crippen LogP contribution < -0.4 is 5.32 Å². The molecule has 1 aliphatic rings. The maximum Gasteiger partial charge on any atom is 0.0446 e. The molecule has 0 bridgehead atoms. The van der Waals surface area contributed by atoms with E-state index in [0.29, 0.717) is 6.04 Å². The first kappa shape index (κ1) is 12.9. The molecule has 0 aromatic heterocycles. The van der Waals surface area contributed by atoms with E-state index in [0.717, 1.165) is 18.9 Å². The number of rotatable bonds is 5. The van der Waals surface area contributed by atoms with E-state index in [1.165, 1.54) is 32.4 Å². The molecule has 0 aliphatic carbocycles. The molecule has 1 heterocycles. The molecule has 0 aromatic rings. The van der Waals surface area contributed by atoms with Crippen molar-refractivity contribution >= 4 is 0 Å². The van der Waals surface area contributed by atoms with Crippen LogP contribution in [0.25, 0.3) is 0 Å². The number of nitrogens with zero attached hydrogens (tertiary/aromatic N) is 1. The van der Waals surface area contributed by atoms with Gasteiger partial charge in [-0.3, -0.25) is 0 Å². The van der Waals surface area contributed by atoms with Gasteiger partial charge in [0.2, 0.25) is 0 Å². The molecule has 2 N–H and O–H groups in total. The smallest absolute Gasteiger partial charge is 0.0446 e. The molecule has 0 radical (unpaired) electrons. The highest BCUT2D eigenvalue weighted by Crippen LogP contribution is 2.16. The molecular formula is C12H26N2O. The van der Waals surface area contributed by atoms with Crippen molar-refractivity contribution < 1.29 is 5.11 Å². The van der Waals surface area contributed by atoms with E-state index in [2.05, 4.69) is 17.1 Å². The highest BCUT2D eigenvalue weighted by atomic mass is 16.3. The second kappa shape index (κ2) is 7.20. The van der Waals surface area contributed by atoms with E-state index in [1.807, 2.05) is 7.05 Å². The number of hydrogen-bond acceptors (Lipinski definition) is 3. The highest BCUT2D eigenvalue weighted by molar-refractivity contribution is 4.73. The van der Waals surface area contributed by atoms with Gasteiger partial charge in [-0.05, 0) is 51.7 Å². The molecule has 0 spiro atoms. The molecule has 3 heteroatoms. The highest BCUT2D eigenvalue weighted by Gasteiger charge is 2.16. The van der Waals surface area contributed by atoms with Crippen molar-refractivity contribution in [1.29, 1.82) is 0 Å². The first-order valence-electron chi connectivity index (χ1n) is 6.26. The fourth-order valence-corrected chi connectivity index (χ4v) is 2.30. The Labute approximate surface area is 93.9 Å². The Balaban J connectivity index is 2.29. The van der Waals surface area contributed by atoms with E-state index in [-0.39, 0.29) is 6.61 Å². The van der Waals surface area contributed by atoms with E-state index < -0.39 is 0 Å². The van der Waals surface area contributed by atoms with Crippen molar-refractivity contribution in [2.45, 2.75) is 38.6 Å². The summed E-state index contributed by atoms with van der Waals surface area (Å²) in [5.41, 5.74) is 0. The number of aliphatic hydroxyl groups is 1. The largest absolute Gasteiger partial charge is 0.396 e. The summed E-state index contributed by atoms with van der Waals surface area (Å²) in [5.74, 6) is 0.890. The van der Waals surface area contributed by atoms with Gasteiger partial charge >= 0.3 is 0 Å². The Morgan fingerprint density at radius 3 is 2.87 bits per heavy atom. The Morgan fingerprint density at radius 1 is 1.40 bits per heavy atom. The minimum Gasteiger partial charge on any atom is -0.396 e. The first-order chi connectivity index (χ1) is 7.26. The van der Waals surface area contributed by atoms with Crippen LogP contribution in [0.5, 0.6) is 0 Å². The van der Waals surface area contributed by atoms with E-state index in [1.54, 1.807) is 0 Å². The zero-order valence-corrected chi connectivity index (χ0v) is 10.2. The van der Waals surface area contributed by atoms with Crippen molar-refractivity contribution in [3.8, 4) is 0 Å². The lowest BCUT2D eigenvalue weighted by atomic mass is 10.0. The molecular weight excluding hydrogens is 188 g/mol. The van der Waals surface area contributed by atoms with Gasteiger partial charge in [0.1, 0.15) is 0 Å². The van der Waals surface area contributed by atoms with Crippen LogP contribution in [0.4, 0.5) is 0 Å². The fourth-order valence-electron chi connectivity index (χ4n) is 2.30. The Hall–Kier alpha value is -0.120. The van der Waals surface area contributed by atoms with Crippen LogP contribution in [0.3, 0.4) is 0 Å². The monoisotopic (exact) mass is 214 g/mol. The summed E-state index contributed by atoms with van der Waals surface area (Å²) in [6.07, 6.45) is 4.90. The standard InChI is InChI=1S/C12H26N2O/c1-11-4-3-7-14(8-5-11)10-12(13-2)6-9-15/h11-13,15H,3-10H2,1-2H3. The van der Waals surface area contributed by atoms with Crippen molar-refractivity contribution in [3.05, 3.63) is 0 Å². The predicted molar refractivity (Wildman–Crippen MR) is 64.0 cm³/mol. The summed E-state index contributed by atoms with van der Waals surface area (Å²) >= 11 is 0. The van der Waals surface area contributed by atoms with E-state index in [4.69, 9.17) is 5.11 Å². The third-order valence-corrected chi connectivity index (χ3v) is 3.47. The molecule has 2 atom stereocenters. The summed E-state index contributed by atoms with van der Waals surface area (Å²) in [6.45, 7) is 6.19. The Kier molecular flexibility index (Phi) is 6.22. The van der Waals surface area contributed by atoms with Crippen molar-refractivity contribution in [1.82, 2.24) is 10.2 Å². The lowest BCUT2D eigenvalue weighted by Gasteiger charge is -2.25. The third-order valence-electron chi connectivity index (χ3n) is 3.47. The number of nitrogens with one attached hydrogen (secondary N) is 1. The average molecular weight is 214 g/mol. The van der Waals surface area contributed by atoms with Crippen LogP contribution in [-0.4, -0.2) is 49.3 Å². The molecule has 3 nitrogen and oxygen atoms in total. The van der Waals surface area contributed by atoms with Crippen molar-refractivity contribution in [3.63, 3.8) is 0 Å². The average Bonchev–Trinajstić information content (AvgIpc) is 2.43. The molecule has 0 saturated carbocycles. The van der Waals surface area contributed by atoms with Crippen molar-refractivity contribution in [2.24, 2.45) is 5.92 Å². The zero-order chi connectivity index (χ0) is 11.1. The molecule has 90 valence electrons. The van der Waals surface area contributed by atoms with E-state index >= 15 is 0 Å². The van der Waals surface area contributed by atoms with Gasteiger partial charge in [0.25, 0.3) is 0 Å². The summed E-state index contributed by atoms with van der Waals surface area (Å²) in [4.78, 5) is 2.54. The topological polar surface area (TPSA) is 35.5 Å². The van der Waals surface area contributed by atoms with Gasteiger partial charge in [0.05, 0.1) is 0 Å². The van der Waals surface area contributed by atoms with Gasteiger partial charge in [-0.15, -0.1) is 0 Å². The van der Waals surface area contributed by atoms with Gasteiger partial charge in [-0.2, -0.15) is 0 Å². The first-order valence-corrected chi connectivity index (χ1v) is 6.26. The third kappa shape index (κ3) is 4.96. The number of aliphatic hydroxyl groups excluding tert-OH is 1. The molecule has 15 heavy (non-hydrogen) atoms. The van der Waals surface area contributed by atoms with Gasteiger partial charge < -0.3 is 15.3 Å². The summed E-state index contributed by atoms with van der Waals surface area (Å²) in [6, 6.07) is 0.448. The van der Waals surface area contributed by atoms with Crippen molar-refractivity contribution in [2.75, 3.05) is 33.3 Å². The van der Waals surface area contributed by atoms with Gasteiger partial charge in [0.15, 0.2) is 0 Å². The van der Waals surface area contributed by atoms with Crippen LogP contribution in [0.1, 0.15) is 32.6 Å². The normalized spacial score (nSPS) is 26.2. The molecule has 1 aliphatic heterocycles. The molecule has 1 fully saturated rings. The quantitative estimate of drug-likeness (QED) is 0.719. The zero-order valence-electron chi connectivity index (χ0n) is 10.2. The molecule has 2 unspecified atom stereocenters. The maximum absolute atomic E-state index is 8.94. The molecule has 0 aromatic carbocycles. The van der Waals surface area contributed by atoms with Crippen LogP contribution in [0, 0.1) is 5.92 Å². The molecule has 1 rings (SSSR count). The summed E-state index contributed by atoms with van der Waals surface area (Å²) in [7, 11) is 1.99. The lowest BCUT2D eigenvalue weighted by Crippen LogP contribution is -2.40. The summed E-state index contributed by atoms with van der Waals surface area (Å²) in [5, 5.41) is 12.2. The van der Waals surface area contributed by atoms with Gasteiger partial charge in [0, 0.05) is 19.2 Å². The number of likely N-dealkylation sites (tertiary alicyclic amines) is 1. The van der Waals surface area contributed by atoms with Crippen LogP contribution in [0.2, 0.25) is 0 Å². The minimum atomic E-state index is 0.287. The van der Waals surface area contributed by atoms with Crippen LogP contribution >= 0.6 is 0 Å². The molecule has 0 amide bonds. The predicted octanol–water partition coefficient (Wildman–Crippen LogP) is 1.08. The second-order valence-corrected chi connectivity index (χ2v) is 4.83. The van der Waals surface area contributed by atoms with Crippen LogP contribution in [-0.2, 0) is 0 Å². The minimum absolute atomic E-state index is 0.287. The number of likely N-dealkylation sites (N-methyl/N-ethyl adjacent to an activating group) is 1. The van der Waals surface area contributed by atoms with Gasteiger partial charge in [-0.25, -0.2) is 0 Å². The Bertz CT molecular complexity index is 164. The fraction of sp³-hybridized carbons (Fsp3) is 1.00. The molecule has 1 saturated heterocycles. The lowest BCUT2D eigenvalue weighted by molar-refractivity contribution is 0.215. The Morgan fingerprint density at radius 2 is 2.20 bits per heavy atom. The maximum atomic E-state index is 8.94. The SMILES string of the molecule is CNC(CCO)CN1CCCC(C)CC1. The number of hydrogen-bond donors (Lipinski definition) is 2. The van der Waals surface area contributed by atoms with Gasteiger partial charge in [-0.1, -0.05) is 6.92 Å². The van der Waals surface area contributed by atoms with E-state index in [9.17, 15) is 0 Å². The second-order valence-electron chi connectivity index (χ2n) is 4.83. The summed E-state index contributed by atoms with van der Waals surface area (Å²) < 4.78 is 0.